The molecule has 0 bridgehead atoms. The molecular weight excluding hydrogens is 357 g/mol. The van der Waals surface area contributed by atoms with Crippen LogP contribution in [-0.2, 0) is 15.6 Å². The van der Waals surface area contributed by atoms with Gasteiger partial charge in [0.2, 0.25) is 0 Å². The lowest BCUT2D eigenvalue weighted by atomic mass is 10.1. The SMILES string of the molecule is Cc1c(Cl)cc(NC(=O)c2cccc(CS(C)(=O)=O)c2)cc1Cl. The molecule has 0 heterocycles. The number of rotatable bonds is 4. The van der Waals surface area contributed by atoms with Crippen molar-refractivity contribution in [3.05, 3.63) is 63.1 Å². The maximum Gasteiger partial charge on any atom is 0.255 e. The van der Waals surface area contributed by atoms with Crippen LogP contribution in [0, 0.1) is 6.92 Å². The summed E-state index contributed by atoms with van der Waals surface area (Å²) < 4.78 is 22.7. The molecule has 0 aliphatic carbocycles. The molecule has 0 unspecified atom stereocenters. The molecule has 0 aliphatic heterocycles. The van der Waals surface area contributed by atoms with E-state index in [4.69, 9.17) is 23.2 Å². The number of sulfone groups is 1. The molecule has 23 heavy (non-hydrogen) atoms. The molecule has 0 aliphatic rings. The fourth-order valence-corrected chi connectivity index (χ4v) is 3.30. The Hall–Kier alpha value is -1.56. The third-order valence-corrected chi connectivity index (χ3v) is 4.80. The second kappa shape index (κ2) is 6.91. The first-order valence-electron chi connectivity index (χ1n) is 6.69. The number of carbonyl (C=O) groups is 1. The van der Waals surface area contributed by atoms with Crippen molar-refractivity contribution in [2.75, 3.05) is 11.6 Å². The van der Waals surface area contributed by atoms with Crippen LogP contribution in [0.4, 0.5) is 5.69 Å². The Kier molecular flexibility index (Phi) is 5.34. The number of carbonyl (C=O) groups excluding carboxylic acids is 1. The molecule has 0 radical (unpaired) electrons. The van der Waals surface area contributed by atoms with Crippen LogP contribution < -0.4 is 5.32 Å². The molecule has 2 aromatic carbocycles. The molecule has 1 amide bonds. The lowest BCUT2D eigenvalue weighted by Gasteiger charge is -2.09. The van der Waals surface area contributed by atoms with E-state index in [0.29, 0.717) is 26.9 Å². The number of anilines is 1. The Balaban J connectivity index is 2.23. The third-order valence-electron chi connectivity index (χ3n) is 3.16. The summed E-state index contributed by atoms with van der Waals surface area (Å²) in [5, 5.41) is 3.61. The van der Waals surface area contributed by atoms with Gasteiger partial charge in [-0.15, -0.1) is 0 Å². The summed E-state index contributed by atoms with van der Waals surface area (Å²) in [6, 6.07) is 9.69. The molecule has 0 spiro atoms. The van der Waals surface area contributed by atoms with Gasteiger partial charge >= 0.3 is 0 Å². The van der Waals surface area contributed by atoms with Crippen molar-refractivity contribution < 1.29 is 13.2 Å². The van der Waals surface area contributed by atoms with Crippen LogP contribution in [0.3, 0.4) is 0 Å². The Morgan fingerprint density at radius 3 is 2.30 bits per heavy atom. The minimum absolute atomic E-state index is 0.115. The highest BCUT2D eigenvalue weighted by molar-refractivity contribution is 7.89. The molecule has 0 saturated heterocycles. The van der Waals surface area contributed by atoms with Crippen molar-refractivity contribution >= 4 is 44.6 Å². The van der Waals surface area contributed by atoms with Crippen molar-refractivity contribution in [1.82, 2.24) is 0 Å². The van der Waals surface area contributed by atoms with Gasteiger partial charge in [0.05, 0.1) is 5.75 Å². The number of nitrogens with one attached hydrogen (secondary N) is 1. The van der Waals surface area contributed by atoms with Gasteiger partial charge in [0.25, 0.3) is 5.91 Å². The number of benzene rings is 2. The molecule has 7 heteroatoms. The van der Waals surface area contributed by atoms with Crippen LogP contribution in [-0.4, -0.2) is 20.6 Å². The van der Waals surface area contributed by atoms with Crippen molar-refractivity contribution in [3.63, 3.8) is 0 Å². The van der Waals surface area contributed by atoms with Crippen LogP contribution in [0.25, 0.3) is 0 Å². The van der Waals surface area contributed by atoms with E-state index in [1.54, 1.807) is 43.3 Å². The Labute approximate surface area is 145 Å². The van der Waals surface area contributed by atoms with E-state index in [9.17, 15) is 13.2 Å². The second-order valence-electron chi connectivity index (χ2n) is 5.29. The van der Waals surface area contributed by atoms with Crippen LogP contribution in [0.15, 0.2) is 36.4 Å². The zero-order valence-electron chi connectivity index (χ0n) is 12.6. The highest BCUT2D eigenvalue weighted by atomic mass is 35.5. The van der Waals surface area contributed by atoms with Crippen molar-refractivity contribution in [1.29, 1.82) is 0 Å². The maximum absolute atomic E-state index is 12.3. The number of amides is 1. The van der Waals surface area contributed by atoms with E-state index in [0.717, 1.165) is 11.8 Å². The average Bonchev–Trinajstić information content (AvgIpc) is 2.43. The van der Waals surface area contributed by atoms with Crippen LogP contribution in [0.1, 0.15) is 21.5 Å². The van der Waals surface area contributed by atoms with Gasteiger partial charge in [0.15, 0.2) is 9.84 Å². The third kappa shape index (κ3) is 4.96. The zero-order chi connectivity index (χ0) is 17.2. The summed E-state index contributed by atoms with van der Waals surface area (Å²) in [7, 11) is -3.16. The number of hydrogen-bond donors (Lipinski definition) is 1. The van der Waals surface area contributed by atoms with E-state index >= 15 is 0 Å². The molecule has 0 atom stereocenters. The molecule has 0 aromatic heterocycles. The second-order valence-corrected chi connectivity index (χ2v) is 8.24. The van der Waals surface area contributed by atoms with Gasteiger partial charge < -0.3 is 5.32 Å². The average molecular weight is 372 g/mol. The summed E-state index contributed by atoms with van der Waals surface area (Å²) in [4.78, 5) is 12.3. The van der Waals surface area contributed by atoms with Gasteiger partial charge in [-0.2, -0.15) is 0 Å². The summed E-state index contributed by atoms with van der Waals surface area (Å²) in [6.07, 6.45) is 1.15. The fraction of sp³-hybridized carbons (Fsp3) is 0.188. The van der Waals surface area contributed by atoms with Gasteiger partial charge in [-0.25, -0.2) is 8.42 Å². The molecule has 0 fully saturated rings. The van der Waals surface area contributed by atoms with Gasteiger partial charge in [-0.3, -0.25) is 4.79 Å². The predicted molar refractivity (Wildman–Crippen MR) is 94.1 cm³/mol. The van der Waals surface area contributed by atoms with E-state index < -0.39 is 9.84 Å². The number of hydrogen-bond acceptors (Lipinski definition) is 3. The Morgan fingerprint density at radius 2 is 1.74 bits per heavy atom. The monoisotopic (exact) mass is 371 g/mol. The summed E-state index contributed by atoms with van der Waals surface area (Å²) in [5.74, 6) is -0.479. The summed E-state index contributed by atoms with van der Waals surface area (Å²) in [5.41, 5.74) is 2.13. The van der Waals surface area contributed by atoms with Gasteiger partial charge in [0, 0.05) is 27.6 Å². The largest absolute Gasteiger partial charge is 0.322 e. The predicted octanol–water partition coefficient (Wildman–Crippen LogP) is 4.10. The molecule has 2 aromatic rings. The quantitative estimate of drug-likeness (QED) is 0.879. The highest BCUT2D eigenvalue weighted by Crippen LogP contribution is 2.28. The van der Waals surface area contributed by atoms with Crippen LogP contribution >= 0.6 is 23.2 Å². The Bertz CT molecular complexity index is 840. The zero-order valence-corrected chi connectivity index (χ0v) is 14.9. The van der Waals surface area contributed by atoms with E-state index in [1.807, 2.05) is 0 Å². The minimum Gasteiger partial charge on any atom is -0.322 e. The van der Waals surface area contributed by atoms with Crippen molar-refractivity contribution in [2.24, 2.45) is 0 Å². The number of halogens is 2. The molecule has 1 N–H and O–H groups in total. The van der Waals surface area contributed by atoms with E-state index in [2.05, 4.69) is 5.32 Å². The van der Waals surface area contributed by atoms with Crippen molar-refractivity contribution in [2.45, 2.75) is 12.7 Å². The first kappa shape index (κ1) is 17.8. The van der Waals surface area contributed by atoms with Gasteiger partial charge in [-0.05, 0) is 42.3 Å². The standard InChI is InChI=1S/C16H15Cl2NO3S/c1-10-14(17)7-13(8-15(10)18)19-16(20)12-5-3-4-11(6-12)9-23(2,21)22/h3-8H,9H2,1-2H3,(H,19,20). The lowest BCUT2D eigenvalue weighted by molar-refractivity contribution is 0.102. The molecule has 4 nitrogen and oxygen atoms in total. The first-order valence-corrected chi connectivity index (χ1v) is 9.51. The van der Waals surface area contributed by atoms with Crippen molar-refractivity contribution in [3.8, 4) is 0 Å². The highest BCUT2D eigenvalue weighted by Gasteiger charge is 2.11. The maximum atomic E-state index is 12.3. The molecular formula is C16H15Cl2NO3S. The first-order chi connectivity index (χ1) is 10.7. The molecule has 0 saturated carbocycles. The van der Waals surface area contributed by atoms with E-state index in [-0.39, 0.29) is 11.7 Å². The van der Waals surface area contributed by atoms with Gasteiger partial charge in [-0.1, -0.05) is 35.3 Å². The fourth-order valence-electron chi connectivity index (χ4n) is 2.03. The summed E-state index contributed by atoms with van der Waals surface area (Å²) >= 11 is 12.1. The van der Waals surface area contributed by atoms with Gasteiger partial charge in [0.1, 0.15) is 0 Å². The molecule has 2 rings (SSSR count). The van der Waals surface area contributed by atoms with E-state index in [1.165, 1.54) is 0 Å². The van der Waals surface area contributed by atoms with Crippen LogP contribution in [0.5, 0.6) is 0 Å². The topological polar surface area (TPSA) is 63.2 Å². The normalized spacial score (nSPS) is 11.3. The van der Waals surface area contributed by atoms with Crippen LogP contribution in [0.2, 0.25) is 10.0 Å². The Morgan fingerprint density at radius 1 is 1.13 bits per heavy atom. The summed E-state index contributed by atoms with van der Waals surface area (Å²) in [6.45, 7) is 1.78. The smallest absolute Gasteiger partial charge is 0.255 e. The molecule has 122 valence electrons. The lowest BCUT2D eigenvalue weighted by Crippen LogP contribution is -2.12. The minimum atomic E-state index is -3.16.